The lowest BCUT2D eigenvalue weighted by Gasteiger charge is -2.38. The van der Waals surface area contributed by atoms with E-state index in [-0.39, 0.29) is 0 Å². The topological polar surface area (TPSA) is 99.6 Å². The van der Waals surface area contributed by atoms with E-state index in [1.54, 1.807) is 0 Å². The van der Waals surface area contributed by atoms with Crippen molar-refractivity contribution in [3.63, 3.8) is 0 Å². The molecule has 0 spiro atoms. The molecule has 0 aromatic rings. The summed E-state index contributed by atoms with van der Waals surface area (Å²) in [6.07, 6.45) is 2.80. The van der Waals surface area contributed by atoms with Gasteiger partial charge in [0, 0.05) is 13.1 Å². The Morgan fingerprint density at radius 2 is 1.14 bits per heavy atom. The fourth-order valence-corrected chi connectivity index (χ4v) is 1.93. The molecule has 1 rings (SSSR count). The van der Waals surface area contributed by atoms with Crippen molar-refractivity contribution in [2.45, 2.75) is 25.7 Å². The van der Waals surface area contributed by atoms with E-state index in [1.165, 1.54) is 0 Å². The molecule has 0 bridgehead atoms. The first kappa shape index (κ1) is 11.0. The second kappa shape index (κ2) is 3.96. The van der Waals surface area contributed by atoms with Crippen LogP contribution in [0.5, 0.6) is 0 Å². The van der Waals surface area contributed by atoms with Crippen LogP contribution >= 0.6 is 0 Å². The van der Waals surface area contributed by atoms with E-state index >= 15 is 0 Å². The molecule has 0 aromatic heterocycles. The predicted octanol–water partition coefficient (Wildman–Crippen LogP) is 0.498. The van der Waals surface area contributed by atoms with E-state index in [0.29, 0.717) is 38.8 Å². The fourth-order valence-electron chi connectivity index (χ4n) is 1.93. The normalized spacial score (nSPS) is 37.1. The van der Waals surface area contributed by atoms with Crippen molar-refractivity contribution >= 4 is 0 Å². The van der Waals surface area contributed by atoms with Gasteiger partial charge in [0.25, 0.3) is 0 Å². The predicted molar refractivity (Wildman–Crippen MR) is 52.7 cm³/mol. The Balaban J connectivity index is 2.71. The minimum absolute atomic E-state index is 0.385. The number of rotatable bonds is 2. The van der Waals surface area contributed by atoms with Crippen molar-refractivity contribution in [3.05, 3.63) is 0 Å². The number of nitriles is 2. The molecule has 4 N–H and O–H groups in total. The maximum atomic E-state index is 9.01. The summed E-state index contributed by atoms with van der Waals surface area (Å²) in [4.78, 5) is 0. The van der Waals surface area contributed by atoms with Gasteiger partial charge in [0.1, 0.15) is 0 Å². The molecule has 0 unspecified atom stereocenters. The molecule has 0 heterocycles. The summed E-state index contributed by atoms with van der Waals surface area (Å²) in [5.41, 5.74) is 10.4. The van der Waals surface area contributed by atoms with Gasteiger partial charge in [-0.15, -0.1) is 0 Å². The smallest absolute Gasteiger partial charge is 0.0703 e. The van der Waals surface area contributed by atoms with Crippen molar-refractivity contribution in [2.75, 3.05) is 13.1 Å². The van der Waals surface area contributed by atoms with Gasteiger partial charge >= 0.3 is 0 Å². The highest BCUT2D eigenvalue weighted by atomic mass is 14.7. The summed E-state index contributed by atoms with van der Waals surface area (Å²) in [5, 5.41) is 18.0. The van der Waals surface area contributed by atoms with E-state index in [9.17, 15) is 0 Å². The number of nitrogens with two attached hydrogens (primary N) is 2. The maximum absolute atomic E-state index is 9.01. The van der Waals surface area contributed by atoms with Crippen LogP contribution in [0.2, 0.25) is 0 Å². The molecule has 0 atom stereocenters. The molecule has 1 saturated carbocycles. The Morgan fingerprint density at radius 1 is 0.857 bits per heavy atom. The first-order valence-corrected chi connectivity index (χ1v) is 4.89. The molecule has 4 heteroatoms. The first-order chi connectivity index (χ1) is 6.66. The van der Waals surface area contributed by atoms with Crippen LogP contribution in [0.4, 0.5) is 0 Å². The average Bonchev–Trinajstić information content (AvgIpc) is 2.29. The standard InChI is InChI=1S/C10H16N4/c11-5-9(6-12)1-2-10(7-13,8-14)4-3-9/h1-5,7,11,13H2. The summed E-state index contributed by atoms with van der Waals surface area (Å²) < 4.78 is 0. The Bertz CT molecular complexity index is 245. The van der Waals surface area contributed by atoms with Gasteiger partial charge in [0.05, 0.1) is 23.0 Å². The molecule has 0 radical (unpaired) electrons. The Hall–Kier alpha value is -1.10. The molecule has 1 fully saturated rings. The highest BCUT2D eigenvalue weighted by Crippen LogP contribution is 2.43. The summed E-state index contributed by atoms with van der Waals surface area (Å²) in [5.74, 6) is 0. The van der Waals surface area contributed by atoms with E-state index in [1.807, 2.05) is 0 Å². The van der Waals surface area contributed by atoms with E-state index < -0.39 is 10.8 Å². The van der Waals surface area contributed by atoms with Crippen molar-refractivity contribution in [1.82, 2.24) is 0 Å². The third-order valence-electron chi connectivity index (χ3n) is 3.42. The van der Waals surface area contributed by atoms with E-state index in [2.05, 4.69) is 12.1 Å². The van der Waals surface area contributed by atoms with Crippen molar-refractivity contribution < 1.29 is 0 Å². The molecule has 0 saturated heterocycles. The zero-order valence-corrected chi connectivity index (χ0v) is 8.29. The Morgan fingerprint density at radius 3 is 1.29 bits per heavy atom. The van der Waals surface area contributed by atoms with Crippen LogP contribution in [0.15, 0.2) is 0 Å². The van der Waals surface area contributed by atoms with Gasteiger partial charge in [0.2, 0.25) is 0 Å². The van der Waals surface area contributed by atoms with Gasteiger partial charge in [-0.05, 0) is 25.7 Å². The molecule has 0 aromatic carbocycles. The molecule has 14 heavy (non-hydrogen) atoms. The number of nitrogens with zero attached hydrogens (tertiary/aromatic N) is 2. The van der Waals surface area contributed by atoms with Crippen LogP contribution in [0.3, 0.4) is 0 Å². The van der Waals surface area contributed by atoms with Gasteiger partial charge in [-0.1, -0.05) is 0 Å². The van der Waals surface area contributed by atoms with Crippen LogP contribution in [0.1, 0.15) is 25.7 Å². The van der Waals surface area contributed by atoms with Crippen LogP contribution in [-0.2, 0) is 0 Å². The van der Waals surface area contributed by atoms with Crippen molar-refractivity contribution in [2.24, 2.45) is 22.3 Å². The first-order valence-electron chi connectivity index (χ1n) is 4.89. The molecular weight excluding hydrogens is 176 g/mol. The highest BCUT2D eigenvalue weighted by molar-refractivity contribution is 5.10. The van der Waals surface area contributed by atoms with Crippen LogP contribution < -0.4 is 11.5 Å². The van der Waals surface area contributed by atoms with E-state index in [4.69, 9.17) is 22.0 Å². The largest absolute Gasteiger partial charge is 0.329 e. The third kappa shape index (κ3) is 1.72. The Kier molecular flexibility index (Phi) is 3.10. The average molecular weight is 192 g/mol. The molecule has 76 valence electrons. The SMILES string of the molecule is N#CC1(CN)CCC(C#N)(CN)CC1. The lowest BCUT2D eigenvalue weighted by atomic mass is 9.65. The molecule has 1 aliphatic rings. The van der Waals surface area contributed by atoms with Crippen molar-refractivity contribution in [3.8, 4) is 12.1 Å². The van der Waals surface area contributed by atoms with Crippen molar-refractivity contribution in [1.29, 1.82) is 10.5 Å². The lowest BCUT2D eigenvalue weighted by Crippen LogP contribution is -2.40. The number of hydrogen-bond donors (Lipinski definition) is 2. The molecule has 4 nitrogen and oxygen atoms in total. The van der Waals surface area contributed by atoms with E-state index in [0.717, 1.165) is 0 Å². The molecular formula is C10H16N4. The fraction of sp³-hybridized carbons (Fsp3) is 0.800. The molecule has 0 amide bonds. The molecule has 1 aliphatic carbocycles. The summed E-state index contributed by atoms with van der Waals surface area (Å²) in [6, 6.07) is 4.56. The highest BCUT2D eigenvalue weighted by Gasteiger charge is 2.41. The van der Waals surface area contributed by atoms with Gasteiger partial charge in [0.15, 0.2) is 0 Å². The zero-order valence-electron chi connectivity index (χ0n) is 8.29. The quantitative estimate of drug-likeness (QED) is 0.665. The zero-order chi connectivity index (χ0) is 10.7. The number of hydrogen-bond acceptors (Lipinski definition) is 4. The monoisotopic (exact) mass is 192 g/mol. The minimum Gasteiger partial charge on any atom is -0.329 e. The third-order valence-corrected chi connectivity index (χ3v) is 3.42. The second-order valence-corrected chi connectivity index (χ2v) is 4.19. The van der Waals surface area contributed by atoms with Crippen LogP contribution in [0.25, 0.3) is 0 Å². The summed E-state index contributed by atoms with van der Waals surface area (Å²) in [7, 11) is 0. The Labute approximate surface area is 84.5 Å². The lowest BCUT2D eigenvalue weighted by molar-refractivity contribution is 0.172. The van der Waals surface area contributed by atoms with Gasteiger partial charge in [-0.2, -0.15) is 10.5 Å². The van der Waals surface area contributed by atoms with Crippen LogP contribution in [-0.4, -0.2) is 13.1 Å². The van der Waals surface area contributed by atoms with Crippen LogP contribution in [0, 0.1) is 33.5 Å². The maximum Gasteiger partial charge on any atom is 0.0703 e. The summed E-state index contributed by atoms with van der Waals surface area (Å²) >= 11 is 0. The second-order valence-electron chi connectivity index (χ2n) is 4.19. The molecule has 0 aliphatic heterocycles. The van der Waals surface area contributed by atoms with Gasteiger partial charge < -0.3 is 11.5 Å². The minimum atomic E-state index is -0.407. The van der Waals surface area contributed by atoms with Gasteiger partial charge in [-0.3, -0.25) is 0 Å². The van der Waals surface area contributed by atoms with Gasteiger partial charge in [-0.25, -0.2) is 0 Å². The summed E-state index contributed by atoms with van der Waals surface area (Å²) in [6.45, 7) is 0.769.